The lowest BCUT2D eigenvalue weighted by Gasteiger charge is -2.35. The van der Waals surface area contributed by atoms with Crippen LogP contribution in [0.3, 0.4) is 0 Å². The highest BCUT2D eigenvalue weighted by Crippen LogP contribution is 2.45. The van der Waals surface area contributed by atoms with Gasteiger partial charge in [-0.1, -0.05) is 12.1 Å². The van der Waals surface area contributed by atoms with Crippen molar-refractivity contribution < 1.29 is 28.5 Å². The molecule has 0 aromatic heterocycles. The summed E-state index contributed by atoms with van der Waals surface area (Å²) in [5, 5.41) is 0. The molecule has 1 heterocycles. The lowest BCUT2D eigenvalue weighted by Crippen LogP contribution is -2.36. The highest BCUT2D eigenvalue weighted by molar-refractivity contribution is 5.96. The first kappa shape index (κ1) is 27.8. The van der Waals surface area contributed by atoms with Gasteiger partial charge < -0.3 is 23.8 Å². The number of hydrogen-bond acceptors (Lipinski definition) is 7. The zero-order valence-electron chi connectivity index (χ0n) is 23.3. The molecule has 2 aromatic rings. The van der Waals surface area contributed by atoms with Gasteiger partial charge in [-0.05, 0) is 94.0 Å². The number of carbonyl (C=O) groups is 2. The van der Waals surface area contributed by atoms with Crippen LogP contribution in [0.4, 0.5) is 5.69 Å². The van der Waals surface area contributed by atoms with Crippen molar-refractivity contribution in [1.82, 2.24) is 0 Å². The predicted molar refractivity (Wildman–Crippen MR) is 147 cm³/mol. The molecule has 0 N–H and O–H groups in total. The maximum absolute atomic E-state index is 12.9. The van der Waals surface area contributed by atoms with E-state index in [1.807, 2.05) is 39.0 Å². The first-order valence-electron chi connectivity index (χ1n) is 13.6. The summed E-state index contributed by atoms with van der Waals surface area (Å²) in [5.74, 6) is 2.24. The van der Waals surface area contributed by atoms with Gasteiger partial charge in [0.2, 0.25) is 0 Å². The third-order valence-corrected chi connectivity index (χ3v) is 7.36. The molecule has 0 radical (unpaired) electrons. The number of benzene rings is 2. The molecule has 7 nitrogen and oxygen atoms in total. The molecule has 0 amide bonds. The number of rotatable bonds is 10. The van der Waals surface area contributed by atoms with E-state index in [2.05, 4.69) is 17.0 Å². The molecule has 1 aliphatic heterocycles. The van der Waals surface area contributed by atoms with E-state index in [0.717, 1.165) is 55.8 Å². The van der Waals surface area contributed by atoms with E-state index in [0.29, 0.717) is 36.2 Å². The van der Waals surface area contributed by atoms with Crippen LogP contribution in [0.25, 0.3) is 0 Å². The molecule has 38 heavy (non-hydrogen) atoms. The van der Waals surface area contributed by atoms with E-state index >= 15 is 0 Å². The Hall–Kier alpha value is -3.22. The number of anilines is 1. The van der Waals surface area contributed by atoms with Crippen LogP contribution in [-0.4, -0.2) is 51.5 Å². The van der Waals surface area contributed by atoms with Gasteiger partial charge in [-0.2, -0.15) is 0 Å². The largest absolute Gasteiger partial charge is 0.497 e. The van der Waals surface area contributed by atoms with Crippen LogP contribution in [0.1, 0.15) is 74.7 Å². The number of piperidine rings is 1. The highest BCUT2D eigenvalue weighted by atomic mass is 16.6. The molecule has 1 saturated heterocycles. The third-order valence-electron chi connectivity index (χ3n) is 7.36. The zero-order chi connectivity index (χ0) is 27.3. The fourth-order valence-electron chi connectivity index (χ4n) is 5.11. The molecule has 0 spiro atoms. The minimum atomic E-state index is -0.562. The van der Waals surface area contributed by atoms with Crippen molar-refractivity contribution in [1.29, 1.82) is 0 Å². The van der Waals surface area contributed by atoms with Crippen molar-refractivity contribution in [2.75, 3.05) is 38.8 Å². The minimum Gasteiger partial charge on any atom is -0.497 e. The third kappa shape index (κ3) is 7.42. The van der Waals surface area contributed by atoms with Crippen molar-refractivity contribution in [2.45, 2.75) is 64.4 Å². The molecule has 2 aromatic carbocycles. The smallest absolute Gasteiger partial charge is 0.340 e. The number of carbonyl (C=O) groups excluding carboxylic acids is 2. The second-order valence-electron chi connectivity index (χ2n) is 11.4. The highest BCUT2D eigenvalue weighted by Gasteiger charge is 2.34. The van der Waals surface area contributed by atoms with Crippen LogP contribution in [0.5, 0.6) is 11.5 Å². The molecule has 1 unspecified atom stereocenters. The Kier molecular flexibility index (Phi) is 8.85. The summed E-state index contributed by atoms with van der Waals surface area (Å²) in [6, 6.07) is 13.7. The number of hydrogen-bond donors (Lipinski definition) is 0. The average molecular weight is 524 g/mol. The fraction of sp³-hybridized carbons (Fsp3) is 0.548. The van der Waals surface area contributed by atoms with Gasteiger partial charge in [0.25, 0.3) is 0 Å². The van der Waals surface area contributed by atoms with Gasteiger partial charge in [-0.15, -0.1) is 0 Å². The number of nitrogens with zero attached hydrogens (tertiary/aromatic N) is 1. The molecule has 7 heteroatoms. The van der Waals surface area contributed by atoms with E-state index in [9.17, 15) is 9.59 Å². The van der Waals surface area contributed by atoms with Crippen LogP contribution in [0.2, 0.25) is 0 Å². The first-order chi connectivity index (χ1) is 18.2. The second-order valence-corrected chi connectivity index (χ2v) is 11.4. The summed E-state index contributed by atoms with van der Waals surface area (Å²) in [6.45, 7) is 7.90. The Labute approximate surface area is 226 Å². The maximum Gasteiger partial charge on any atom is 0.340 e. The molecule has 1 aliphatic carbocycles. The van der Waals surface area contributed by atoms with Gasteiger partial charge in [0.15, 0.2) is 0 Å². The van der Waals surface area contributed by atoms with Crippen molar-refractivity contribution in [3.05, 3.63) is 53.6 Å². The van der Waals surface area contributed by atoms with Crippen molar-refractivity contribution in [2.24, 2.45) is 11.8 Å². The van der Waals surface area contributed by atoms with Gasteiger partial charge in [0, 0.05) is 19.2 Å². The van der Waals surface area contributed by atoms with Gasteiger partial charge in [0.1, 0.15) is 17.1 Å². The van der Waals surface area contributed by atoms with E-state index in [-0.39, 0.29) is 17.9 Å². The summed E-state index contributed by atoms with van der Waals surface area (Å²) in [7, 11) is 3.08. The second kappa shape index (κ2) is 12.1. The summed E-state index contributed by atoms with van der Waals surface area (Å²) < 4.78 is 22.3. The van der Waals surface area contributed by atoms with Gasteiger partial charge in [0.05, 0.1) is 38.5 Å². The lowest BCUT2D eigenvalue weighted by molar-refractivity contribution is -0.141. The van der Waals surface area contributed by atoms with E-state index < -0.39 is 5.60 Å². The number of ether oxygens (including phenoxy) is 4. The molecular weight excluding hydrogens is 482 g/mol. The normalized spacial score (nSPS) is 17.0. The van der Waals surface area contributed by atoms with Gasteiger partial charge >= 0.3 is 11.9 Å². The van der Waals surface area contributed by atoms with Crippen molar-refractivity contribution >= 4 is 17.6 Å². The minimum absolute atomic E-state index is 0.161. The van der Waals surface area contributed by atoms with E-state index in [1.165, 1.54) is 7.11 Å². The Morgan fingerprint density at radius 3 is 2.34 bits per heavy atom. The Balaban J connectivity index is 1.36. The Morgan fingerprint density at radius 1 is 0.974 bits per heavy atom. The summed E-state index contributed by atoms with van der Waals surface area (Å²) in [4.78, 5) is 27.1. The SMILES string of the molecule is COC(=O)CC(c1cccc(OCC2CCN(c3cc(OC)ccc3C(=O)OC(C)(C)C)CC2)c1)C1CC1. The molecule has 206 valence electrons. The van der Waals surface area contributed by atoms with Crippen LogP contribution in [0.15, 0.2) is 42.5 Å². The fourth-order valence-corrected chi connectivity index (χ4v) is 5.11. The Bertz CT molecular complexity index is 1110. The lowest BCUT2D eigenvalue weighted by atomic mass is 9.91. The number of esters is 2. The van der Waals surface area contributed by atoms with Gasteiger partial charge in [-0.3, -0.25) is 4.79 Å². The quantitative estimate of drug-likeness (QED) is 0.354. The van der Waals surface area contributed by atoms with Gasteiger partial charge in [-0.25, -0.2) is 4.79 Å². The topological polar surface area (TPSA) is 74.3 Å². The first-order valence-corrected chi connectivity index (χ1v) is 13.6. The molecule has 1 saturated carbocycles. The monoisotopic (exact) mass is 523 g/mol. The predicted octanol–water partition coefficient (Wildman–Crippen LogP) is 6.00. The van der Waals surface area contributed by atoms with Crippen LogP contribution in [-0.2, 0) is 14.3 Å². The summed E-state index contributed by atoms with van der Waals surface area (Å²) >= 11 is 0. The van der Waals surface area contributed by atoms with Crippen LogP contribution < -0.4 is 14.4 Å². The molecule has 2 fully saturated rings. The molecule has 1 atom stereocenters. The van der Waals surface area contributed by atoms with E-state index in [4.69, 9.17) is 18.9 Å². The standard InChI is InChI=1S/C31H41NO6/c1-31(2,3)38-30(34)26-12-11-24(35-4)18-28(26)32-15-13-21(14-16-32)20-37-25-8-6-7-23(17-25)27(22-9-10-22)19-29(33)36-5/h6-8,11-12,17-18,21-22,27H,9-10,13-16,19-20H2,1-5H3. The average Bonchev–Trinajstić information content (AvgIpc) is 3.75. The van der Waals surface area contributed by atoms with Crippen molar-refractivity contribution in [3.63, 3.8) is 0 Å². The summed E-state index contributed by atoms with van der Waals surface area (Å²) in [5.41, 5.74) is 2.00. The van der Waals surface area contributed by atoms with E-state index in [1.54, 1.807) is 19.2 Å². The zero-order valence-corrected chi connectivity index (χ0v) is 23.3. The van der Waals surface area contributed by atoms with Crippen LogP contribution >= 0.6 is 0 Å². The maximum atomic E-state index is 12.9. The molecular formula is C31H41NO6. The summed E-state index contributed by atoms with van der Waals surface area (Å²) in [6.07, 6.45) is 4.65. The molecule has 4 rings (SSSR count). The molecule has 2 aliphatic rings. The number of methoxy groups -OCH3 is 2. The van der Waals surface area contributed by atoms with Crippen molar-refractivity contribution in [3.8, 4) is 11.5 Å². The Morgan fingerprint density at radius 2 is 1.71 bits per heavy atom. The molecule has 0 bridgehead atoms. The van der Waals surface area contributed by atoms with Crippen LogP contribution in [0, 0.1) is 11.8 Å².